The fraction of sp³-hybridized carbons (Fsp3) is 0.389. The molecule has 0 aliphatic carbocycles. The van der Waals surface area contributed by atoms with E-state index in [-0.39, 0.29) is 12.0 Å². The van der Waals surface area contributed by atoms with E-state index in [0.717, 1.165) is 16.0 Å². The summed E-state index contributed by atoms with van der Waals surface area (Å²) < 4.78 is 42.0. The summed E-state index contributed by atoms with van der Waals surface area (Å²) in [5.41, 5.74) is 2.42. The number of fused-ring (bicyclic) bond motifs is 1. The third kappa shape index (κ3) is 2.75. The minimum absolute atomic E-state index is 0.0311. The molecule has 0 aromatic heterocycles. The lowest BCUT2D eigenvalue weighted by atomic mass is 9.92. The van der Waals surface area contributed by atoms with Gasteiger partial charge in [0.05, 0.1) is 0 Å². The highest BCUT2D eigenvalue weighted by Gasteiger charge is 2.53. The number of aryl methyl sites for hydroxylation is 1. The maximum Gasteiger partial charge on any atom is 0.409 e. The molecule has 6 heteroatoms. The summed E-state index contributed by atoms with van der Waals surface area (Å²) in [5.74, 6) is -0.397. The molecule has 2 aromatic carbocycles. The summed E-state index contributed by atoms with van der Waals surface area (Å²) in [6.07, 6.45) is -4.49. The summed E-state index contributed by atoms with van der Waals surface area (Å²) in [5, 5.41) is 2.39. The molecule has 2 aromatic rings. The Morgan fingerprint density at radius 1 is 1.17 bits per heavy atom. The molecule has 1 heterocycles. The first-order valence-electron chi connectivity index (χ1n) is 7.75. The largest absolute Gasteiger partial charge is 0.409 e. The van der Waals surface area contributed by atoms with Gasteiger partial charge >= 0.3 is 6.18 Å². The Labute approximate surface area is 138 Å². The SMILES string of the molecule is Cc1cccc2cccc(C(N3NC(=O)CC3(C)C)C(F)(F)F)c12. The molecule has 1 aliphatic heterocycles. The molecule has 1 amide bonds. The van der Waals surface area contributed by atoms with Crippen LogP contribution in [0.3, 0.4) is 0 Å². The fourth-order valence-corrected chi connectivity index (χ4v) is 3.47. The number of hydrogen-bond donors (Lipinski definition) is 1. The average molecular weight is 336 g/mol. The molecule has 0 saturated carbocycles. The second kappa shape index (κ2) is 5.48. The Morgan fingerprint density at radius 2 is 1.79 bits per heavy atom. The quantitative estimate of drug-likeness (QED) is 0.888. The molecular formula is C18H19F3N2O. The van der Waals surface area contributed by atoms with Gasteiger partial charge in [-0.05, 0) is 42.7 Å². The highest BCUT2D eigenvalue weighted by Crippen LogP contribution is 2.45. The minimum Gasteiger partial charge on any atom is -0.287 e. The second-order valence-electron chi connectivity index (χ2n) is 6.86. The van der Waals surface area contributed by atoms with Crippen LogP contribution in [0.15, 0.2) is 36.4 Å². The van der Waals surface area contributed by atoms with Crippen molar-refractivity contribution in [3.63, 3.8) is 0 Å². The van der Waals surface area contributed by atoms with E-state index in [1.54, 1.807) is 45.0 Å². The van der Waals surface area contributed by atoms with E-state index in [1.807, 2.05) is 6.07 Å². The number of nitrogens with one attached hydrogen (secondary N) is 1. The number of hydrogen-bond acceptors (Lipinski definition) is 2. The first-order chi connectivity index (χ1) is 11.1. The molecule has 0 bridgehead atoms. The molecule has 1 atom stereocenters. The van der Waals surface area contributed by atoms with Crippen LogP contribution in [0.1, 0.15) is 37.4 Å². The maximum atomic E-state index is 14.0. The Morgan fingerprint density at radius 3 is 2.33 bits per heavy atom. The van der Waals surface area contributed by atoms with Crippen molar-refractivity contribution in [2.75, 3.05) is 0 Å². The van der Waals surface area contributed by atoms with Crippen LogP contribution in [0.5, 0.6) is 0 Å². The van der Waals surface area contributed by atoms with Gasteiger partial charge in [0.2, 0.25) is 5.91 Å². The summed E-state index contributed by atoms with van der Waals surface area (Å²) in [7, 11) is 0. The standard InChI is InChI=1S/C18H19F3N2O/c1-11-6-4-7-12-8-5-9-13(15(11)12)16(18(19,20)21)23-17(2,3)10-14(24)22-23/h4-9,16H,10H2,1-3H3,(H,22,24). The maximum absolute atomic E-state index is 14.0. The van der Waals surface area contributed by atoms with Crippen molar-refractivity contribution in [3.05, 3.63) is 47.5 Å². The summed E-state index contributed by atoms with van der Waals surface area (Å²) in [6, 6.07) is 8.44. The van der Waals surface area contributed by atoms with Crippen LogP contribution in [0, 0.1) is 6.92 Å². The van der Waals surface area contributed by atoms with Gasteiger partial charge in [0.1, 0.15) is 0 Å². The Bertz CT molecular complexity index is 793. The smallest absolute Gasteiger partial charge is 0.287 e. The number of rotatable bonds is 2. The molecule has 3 rings (SSSR count). The van der Waals surface area contributed by atoms with E-state index < -0.39 is 23.7 Å². The summed E-state index contributed by atoms with van der Waals surface area (Å²) in [6.45, 7) is 5.08. The van der Waals surface area contributed by atoms with Crippen LogP contribution < -0.4 is 5.43 Å². The molecule has 1 unspecified atom stereocenters. The Kier molecular flexibility index (Phi) is 3.83. The average Bonchev–Trinajstić information content (AvgIpc) is 2.70. The Balaban J connectivity index is 2.24. The van der Waals surface area contributed by atoms with Gasteiger partial charge in [0.25, 0.3) is 0 Å². The number of alkyl halides is 3. The van der Waals surface area contributed by atoms with Crippen molar-refractivity contribution < 1.29 is 18.0 Å². The van der Waals surface area contributed by atoms with E-state index in [2.05, 4.69) is 5.43 Å². The highest BCUT2D eigenvalue weighted by molar-refractivity contribution is 5.89. The molecule has 0 spiro atoms. The van der Waals surface area contributed by atoms with Gasteiger partial charge in [-0.2, -0.15) is 18.2 Å². The fourth-order valence-electron chi connectivity index (χ4n) is 3.47. The van der Waals surface area contributed by atoms with Gasteiger partial charge in [-0.15, -0.1) is 0 Å². The molecule has 128 valence electrons. The molecule has 3 nitrogen and oxygen atoms in total. The van der Waals surface area contributed by atoms with Gasteiger partial charge in [0.15, 0.2) is 6.04 Å². The van der Waals surface area contributed by atoms with Crippen molar-refractivity contribution in [3.8, 4) is 0 Å². The van der Waals surface area contributed by atoms with Gasteiger partial charge in [-0.3, -0.25) is 10.2 Å². The third-order valence-electron chi connectivity index (χ3n) is 4.50. The zero-order valence-corrected chi connectivity index (χ0v) is 13.7. The van der Waals surface area contributed by atoms with E-state index in [0.29, 0.717) is 5.39 Å². The molecular weight excluding hydrogens is 317 g/mol. The molecule has 1 aliphatic rings. The third-order valence-corrected chi connectivity index (χ3v) is 4.50. The van der Waals surface area contributed by atoms with Crippen LogP contribution in [0.2, 0.25) is 0 Å². The van der Waals surface area contributed by atoms with E-state index in [4.69, 9.17) is 0 Å². The normalized spacial score (nSPS) is 19.5. The van der Waals surface area contributed by atoms with Gasteiger partial charge in [0, 0.05) is 12.0 Å². The van der Waals surface area contributed by atoms with Crippen molar-refractivity contribution >= 4 is 16.7 Å². The molecule has 0 radical (unpaired) electrons. The van der Waals surface area contributed by atoms with E-state index >= 15 is 0 Å². The highest BCUT2D eigenvalue weighted by atomic mass is 19.4. The minimum atomic E-state index is -4.52. The van der Waals surface area contributed by atoms with Crippen molar-refractivity contribution in [2.24, 2.45) is 0 Å². The lowest BCUT2D eigenvalue weighted by molar-refractivity contribution is -0.203. The predicted molar refractivity (Wildman–Crippen MR) is 86.2 cm³/mol. The summed E-state index contributed by atoms with van der Waals surface area (Å²) >= 11 is 0. The molecule has 1 fully saturated rings. The summed E-state index contributed by atoms with van der Waals surface area (Å²) in [4.78, 5) is 11.7. The van der Waals surface area contributed by atoms with Crippen molar-refractivity contribution in [1.82, 2.24) is 10.4 Å². The van der Waals surface area contributed by atoms with Crippen LogP contribution in [0.25, 0.3) is 10.8 Å². The number of carbonyl (C=O) groups is 1. The second-order valence-corrected chi connectivity index (χ2v) is 6.86. The predicted octanol–water partition coefficient (Wildman–Crippen LogP) is 4.27. The monoisotopic (exact) mass is 336 g/mol. The van der Waals surface area contributed by atoms with Crippen LogP contribution >= 0.6 is 0 Å². The number of hydrazine groups is 1. The van der Waals surface area contributed by atoms with Crippen molar-refractivity contribution in [2.45, 2.75) is 44.9 Å². The van der Waals surface area contributed by atoms with Gasteiger partial charge in [-0.1, -0.05) is 36.4 Å². The number of carbonyl (C=O) groups excluding carboxylic acids is 1. The zero-order chi connectivity index (χ0) is 17.7. The zero-order valence-electron chi connectivity index (χ0n) is 13.7. The van der Waals surface area contributed by atoms with Crippen LogP contribution in [-0.4, -0.2) is 22.6 Å². The van der Waals surface area contributed by atoms with Gasteiger partial charge < -0.3 is 0 Å². The van der Waals surface area contributed by atoms with Crippen LogP contribution in [-0.2, 0) is 4.79 Å². The number of benzene rings is 2. The van der Waals surface area contributed by atoms with Gasteiger partial charge in [-0.25, -0.2) is 0 Å². The first kappa shape index (κ1) is 16.8. The number of amides is 1. The molecule has 24 heavy (non-hydrogen) atoms. The lowest BCUT2D eigenvalue weighted by Gasteiger charge is -2.38. The van der Waals surface area contributed by atoms with Crippen LogP contribution in [0.4, 0.5) is 13.2 Å². The lowest BCUT2D eigenvalue weighted by Crippen LogP contribution is -2.51. The Hall–Kier alpha value is -2.08. The number of nitrogens with zero attached hydrogens (tertiary/aromatic N) is 1. The first-order valence-corrected chi connectivity index (χ1v) is 7.75. The van der Waals surface area contributed by atoms with E-state index in [1.165, 1.54) is 6.07 Å². The topological polar surface area (TPSA) is 32.3 Å². The van der Waals surface area contributed by atoms with E-state index in [9.17, 15) is 18.0 Å². The van der Waals surface area contributed by atoms with Crippen molar-refractivity contribution in [1.29, 1.82) is 0 Å². The molecule has 1 saturated heterocycles. The number of halogens is 3. The molecule has 1 N–H and O–H groups in total.